The number of esters is 1. The van der Waals surface area contributed by atoms with Crippen molar-refractivity contribution in [3.8, 4) is 23.0 Å². The van der Waals surface area contributed by atoms with Crippen molar-refractivity contribution in [1.29, 1.82) is 0 Å². The quantitative estimate of drug-likeness (QED) is 0.0160. The first-order valence-corrected chi connectivity index (χ1v) is 38.6. The van der Waals surface area contributed by atoms with E-state index in [1.807, 2.05) is 6.08 Å². The Kier molecular flexibility index (Phi) is 31.6. The largest absolute Gasteiger partial charge is 0.508 e. The molecule has 5 aliphatic heterocycles. The molecule has 3 aromatic rings. The molecule has 0 aliphatic carbocycles. The maximum absolute atomic E-state index is 14.6. The molecule has 0 saturated carbocycles. The van der Waals surface area contributed by atoms with Crippen LogP contribution in [0.2, 0.25) is 0 Å². The number of likely N-dealkylation sites (tertiary alicyclic amines) is 3. The standard InChI is InChI=1S/C78H104N12O20S/c1-5-7-9-11-13-17-37-86(65(96)25-15-16-36-80-77(111)82-49-26-29-52-55(42-49)78(110-76(52)108)53-30-27-50(92)43-61(53)109-62-44-51(93)28-31-54(62)78)45-63(94)84-57(33-35-67(99)100)73(105)88-39-19-22-58(88)70(102)85-68(48(4)91)71(103)81-47(3)72(104)89-40-21-24-60(89)75(107)90-41-20-23-59(90)74(106)87(38-18-14-12-10-8-6-2)46-64(95)83-56(69(79)101)32-34-66(97)98/h5-6,26-31,42-44,47-48,56-60,68,91-93H,1-2,7-25,32-41,45-46H2,3-4H3,(H2,79,101)(H,81,103)(H,83,95)(H,84,94)(H,85,102)(H,97,98)(H,99,100)(H2,80,82,111)/t47-,48+,56-,57-,58-,59-,60-,68-/m0/s1. The second-order valence-electron chi connectivity index (χ2n) is 28.7. The molecule has 0 unspecified atom stereocenters. The summed E-state index contributed by atoms with van der Waals surface area (Å²) in [7, 11) is 0. The lowest BCUT2D eigenvalue weighted by Crippen LogP contribution is -2.61. The number of carbonyl (C=O) groups is 13. The zero-order valence-electron chi connectivity index (χ0n) is 62.9. The van der Waals surface area contributed by atoms with Gasteiger partial charge in [-0.05, 0) is 171 Å². The van der Waals surface area contributed by atoms with E-state index in [1.165, 1.54) is 57.7 Å². The van der Waals surface area contributed by atoms with E-state index >= 15 is 0 Å². The van der Waals surface area contributed by atoms with Crippen LogP contribution in [0.15, 0.2) is 79.9 Å². The summed E-state index contributed by atoms with van der Waals surface area (Å²) in [5.74, 6) is -10.1. The molecule has 3 fully saturated rings. The Bertz CT molecular complexity index is 3920. The predicted octanol–water partition coefficient (Wildman–Crippen LogP) is 4.58. The molecule has 1 spiro atoms. The number of aromatic hydroxyl groups is 2. The number of nitrogens with zero attached hydrogens (tertiary/aromatic N) is 5. The molecule has 13 N–H and O–H groups in total. The van der Waals surface area contributed by atoms with Crippen LogP contribution in [0, 0.1) is 0 Å². The number of rotatable bonds is 42. The first-order chi connectivity index (χ1) is 53.1. The number of nitrogens with two attached hydrogens (primary N) is 1. The highest BCUT2D eigenvalue weighted by Gasteiger charge is 2.54. The van der Waals surface area contributed by atoms with Gasteiger partial charge in [-0.2, -0.15) is 0 Å². The Balaban J connectivity index is 0.849. The van der Waals surface area contributed by atoms with Crippen molar-refractivity contribution in [2.24, 2.45) is 5.73 Å². The molecule has 0 bridgehead atoms. The third-order valence-corrected chi connectivity index (χ3v) is 20.8. The fourth-order valence-electron chi connectivity index (χ4n) is 14.8. The fourth-order valence-corrected chi connectivity index (χ4v) is 15.0. The van der Waals surface area contributed by atoms with Gasteiger partial charge >= 0.3 is 17.9 Å². The number of carboxylic acid groups (broad SMARTS) is 2. The molecule has 3 aromatic carbocycles. The SMILES string of the molecule is C=CCCCCCCN(CC(=O)N[C@@H](CCC(=O)O)C(=O)N1CCC[C@H]1C(=O)N[C@H](C(=O)N[C@@H](C)C(=O)N1CCC[C@H]1C(=O)N1CCC[C@H]1C(=O)N(CCCCCCC=C)CC(=O)N[C@@H](CCC(=O)O)C(N)=O)[C@@H](C)O)C(=O)CCCCNC(=S)Nc1ccc2c(c1)C1(OC2=O)c2ccc(O)cc2Oc2cc(O)ccc21. The number of benzene rings is 3. The monoisotopic (exact) mass is 1560 g/mol. The van der Waals surface area contributed by atoms with Gasteiger partial charge in [0.05, 0.1) is 24.8 Å². The number of phenols is 2. The van der Waals surface area contributed by atoms with Crippen LogP contribution in [0.4, 0.5) is 5.69 Å². The van der Waals surface area contributed by atoms with Crippen LogP contribution < -0.4 is 42.4 Å². The molecular weight excluding hydrogens is 1460 g/mol. The van der Waals surface area contributed by atoms with Gasteiger partial charge in [0.25, 0.3) is 0 Å². The topological polar surface area (TPSA) is 456 Å². The normalized spacial score (nSPS) is 17.7. The van der Waals surface area contributed by atoms with E-state index in [0.29, 0.717) is 73.9 Å². The number of ether oxygens (including phenoxy) is 2. The molecule has 8 atom stereocenters. The van der Waals surface area contributed by atoms with E-state index in [4.69, 9.17) is 27.4 Å². The van der Waals surface area contributed by atoms with Gasteiger partial charge in [-0.3, -0.25) is 57.5 Å². The second kappa shape index (κ2) is 40.8. The third-order valence-electron chi connectivity index (χ3n) is 20.5. The summed E-state index contributed by atoms with van der Waals surface area (Å²) in [6, 6.07) is 4.68. The van der Waals surface area contributed by atoms with Gasteiger partial charge in [-0.1, -0.05) is 37.8 Å². The number of unbranched alkanes of at least 4 members (excludes halogenated alkanes) is 9. The van der Waals surface area contributed by atoms with Crippen LogP contribution in [0.3, 0.4) is 0 Å². The van der Waals surface area contributed by atoms with Crippen LogP contribution in [-0.4, -0.2) is 233 Å². The van der Waals surface area contributed by atoms with Crippen molar-refractivity contribution in [3.05, 3.63) is 102 Å². The lowest BCUT2D eigenvalue weighted by Gasteiger charge is -2.36. The Morgan fingerprint density at radius 2 is 1.17 bits per heavy atom. The number of hydrogen-bond donors (Lipinski definition) is 12. The van der Waals surface area contributed by atoms with Crippen molar-refractivity contribution in [3.63, 3.8) is 0 Å². The molecular formula is C78H104N12O20S. The smallest absolute Gasteiger partial charge is 0.340 e. The van der Waals surface area contributed by atoms with E-state index in [1.54, 1.807) is 36.4 Å². The number of amides is 10. The lowest BCUT2D eigenvalue weighted by molar-refractivity contribution is -0.150. The first-order valence-electron chi connectivity index (χ1n) is 38.1. The second-order valence-corrected chi connectivity index (χ2v) is 29.1. The van der Waals surface area contributed by atoms with Gasteiger partial charge in [-0.15, -0.1) is 13.2 Å². The van der Waals surface area contributed by atoms with Gasteiger partial charge in [0.1, 0.15) is 65.3 Å². The molecule has 111 heavy (non-hydrogen) atoms. The summed E-state index contributed by atoms with van der Waals surface area (Å²) in [5.41, 5.74) is 6.08. The highest BCUT2D eigenvalue weighted by atomic mass is 32.1. The number of carbonyl (C=O) groups excluding carboxylic acids is 11. The molecule has 8 rings (SSSR count). The minimum Gasteiger partial charge on any atom is -0.508 e. The minimum atomic E-state index is -1.70. The summed E-state index contributed by atoms with van der Waals surface area (Å²) in [4.78, 5) is 183. The van der Waals surface area contributed by atoms with Crippen molar-refractivity contribution >= 4 is 100.0 Å². The van der Waals surface area contributed by atoms with Gasteiger partial charge in [0, 0.05) is 93.0 Å². The van der Waals surface area contributed by atoms with Crippen LogP contribution in [0.25, 0.3) is 0 Å². The summed E-state index contributed by atoms with van der Waals surface area (Å²) >= 11 is 5.67. The number of primary amides is 1. The number of phenolic OH excluding ortho intramolecular Hbond substituents is 2. The highest BCUT2D eigenvalue weighted by Crippen LogP contribution is 2.57. The van der Waals surface area contributed by atoms with Crippen molar-refractivity contribution in [1.82, 2.24) is 51.1 Å². The summed E-state index contributed by atoms with van der Waals surface area (Å²) in [6.45, 7) is 9.96. The number of nitrogens with one attached hydrogen (secondary N) is 6. The zero-order valence-corrected chi connectivity index (χ0v) is 63.7. The third kappa shape index (κ3) is 22.7. The number of carboxylic acids is 2. The summed E-state index contributed by atoms with van der Waals surface area (Å²) in [6.07, 6.45) is 10.2. The summed E-state index contributed by atoms with van der Waals surface area (Å²) in [5, 5.41) is 67.4. The first kappa shape index (κ1) is 85.9. The number of thiocarbonyl (C=S) groups is 1. The average Bonchev–Trinajstić information content (AvgIpc) is 1.60. The highest BCUT2D eigenvalue weighted by molar-refractivity contribution is 7.80. The molecule has 0 aromatic heterocycles. The zero-order chi connectivity index (χ0) is 80.6. The Hall–Kier alpha value is -10.7. The Labute approximate surface area is 649 Å². The number of aliphatic hydroxyl groups is 1. The van der Waals surface area contributed by atoms with Gasteiger partial charge in [0.15, 0.2) is 10.7 Å². The number of aliphatic hydroxyl groups excluding tert-OH is 1. The van der Waals surface area contributed by atoms with E-state index in [9.17, 15) is 87.9 Å². The number of anilines is 1. The number of hydrogen-bond acceptors (Lipinski definition) is 19. The number of aliphatic carboxylic acids is 2. The van der Waals surface area contributed by atoms with Gasteiger partial charge < -0.3 is 97.1 Å². The maximum Gasteiger partial charge on any atom is 0.340 e. The molecule has 32 nitrogen and oxygen atoms in total. The molecule has 5 heterocycles. The van der Waals surface area contributed by atoms with Crippen molar-refractivity contribution in [2.45, 2.75) is 216 Å². The van der Waals surface area contributed by atoms with Gasteiger partial charge in [0.2, 0.25) is 59.1 Å². The van der Waals surface area contributed by atoms with Crippen LogP contribution >= 0.6 is 12.2 Å². The molecule has 5 aliphatic rings. The van der Waals surface area contributed by atoms with Gasteiger partial charge in [-0.25, -0.2) is 4.79 Å². The fraction of sp³-hybridized carbons (Fsp3) is 0.538. The van der Waals surface area contributed by atoms with E-state index < -0.39 is 157 Å². The van der Waals surface area contributed by atoms with Crippen LogP contribution in [0.5, 0.6) is 23.0 Å². The molecule has 10 amide bonds. The van der Waals surface area contributed by atoms with E-state index in [-0.39, 0.29) is 111 Å². The molecule has 0 radical (unpaired) electrons. The number of allylic oxidation sites excluding steroid dienone is 2. The average molecular weight is 1560 g/mol. The summed E-state index contributed by atoms with van der Waals surface area (Å²) < 4.78 is 12.3. The van der Waals surface area contributed by atoms with E-state index in [2.05, 4.69) is 45.1 Å². The van der Waals surface area contributed by atoms with Crippen LogP contribution in [-0.2, 0) is 67.9 Å². The maximum atomic E-state index is 14.6. The molecule has 3 saturated heterocycles. The molecule has 33 heteroatoms. The van der Waals surface area contributed by atoms with Crippen molar-refractivity contribution in [2.75, 3.05) is 57.7 Å². The predicted molar refractivity (Wildman–Crippen MR) is 408 cm³/mol. The Morgan fingerprint density at radius 1 is 0.631 bits per heavy atom. The lowest BCUT2D eigenvalue weighted by atomic mass is 9.77. The molecule has 602 valence electrons. The van der Waals surface area contributed by atoms with E-state index in [0.717, 1.165) is 49.8 Å². The van der Waals surface area contributed by atoms with Crippen molar-refractivity contribution < 1.29 is 97.3 Å². The van der Waals surface area contributed by atoms with Crippen LogP contribution in [0.1, 0.15) is 189 Å². The minimum absolute atomic E-state index is 0.0154. The Morgan fingerprint density at radius 3 is 1.76 bits per heavy atom. The number of fused-ring (bicyclic) bond motifs is 6.